The van der Waals surface area contributed by atoms with Crippen molar-refractivity contribution in [1.29, 1.82) is 0 Å². The summed E-state index contributed by atoms with van der Waals surface area (Å²) >= 11 is 0. The molecule has 1 amide bonds. The van der Waals surface area contributed by atoms with E-state index in [1.807, 2.05) is 6.07 Å². The minimum atomic E-state index is -0.272. The van der Waals surface area contributed by atoms with Crippen LogP contribution in [0.15, 0.2) is 24.3 Å². The predicted molar refractivity (Wildman–Crippen MR) is 74.0 cm³/mol. The van der Waals surface area contributed by atoms with Crippen molar-refractivity contribution in [1.82, 2.24) is 5.32 Å². The Kier molecular flexibility index (Phi) is 7.46. The standard InChI is InChI=1S/C14H21NO5/c1-18-9-11(7-8-16)15-14(17)10-20-13-6-4-3-5-12(13)19-2/h3-6,11,16H,7-10H2,1-2H3,(H,15,17). The van der Waals surface area contributed by atoms with E-state index in [1.165, 1.54) is 7.11 Å². The van der Waals surface area contributed by atoms with Gasteiger partial charge in [0.05, 0.1) is 19.8 Å². The van der Waals surface area contributed by atoms with E-state index in [4.69, 9.17) is 19.3 Å². The van der Waals surface area contributed by atoms with E-state index < -0.39 is 0 Å². The zero-order valence-electron chi connectivity index (χ0n) is 11.8. The lowest BCUT2D eigenvalue weighted by Gasteiger charge is -2.17. The first-order valence-corrected chi connectivity index (χ1v) is 6.36. The van der Waals surface area contributed by atoms with Gasteiger partial charge in [-0.1, -0.05) is 12.1 Å². The third-order valence-corrected chi connectivity index (χ3v) is 2.64. The lowest BCUT2D eigenvalue weighted by Crippen LogP contribution is -2.41. The monoisotopic (exact) mass is 283 g/mol. The molecule has 6 heteroatoms. The number of para-hydroxylation sites is 2. The highest BCUT2D eigenvalue weighted by molar-refractivity contribution is 5.77. The van der Waals surface area contributed by atoms with Crippen molar-refractivity contribution in [2.75, 3.05) is 34.0 Å². The first-order valence-electron chi connectivity index (χ1n) is 6.36. The Morgan fingerprint density at radius 1 is 1.30 bits per heavy atom. The second-order valence-corrected chi connectivity index (χ2v) is 4.17. The van der Waals surface area contributed by atoms with Gasteiger partial charge in [0.25, 0.3) is 5.91 Å². The number of carbonyl (C=O) groups is 1. The predicted octanol–water partition coefficient (Wildman–Crippen LogP) is 0.588. The van der Waals surface area contributed by atoms with E-state index >= 15 is 0 Å². The fourth-order valence-corrected chi connectivity index (χ4v) is 1.70. The number of aliphatic hydroxyl groups excluding tert-OH is 1. The summed E-state index contributed by atoms with van der Waals surface area (Å²) in [4.78, 5) is 11.8. The van der Waals surface area contributed by atoms with Crippen LogP contribution in [0.5, 0.6) is 11.5 Å². The first kappa shape index (κ1) is 16.3. The second kappa shape index (κ2) is 9.17. The van der Waals surface area contributed by atoms with Crippen molar-refractivity contribution in [2.45, 2.75) is 12.5 Å². The van der Waals surface area contributed by atoms with Crippen LogP contribution in [0.4, 0.5) is 0 Å². The van der Waals surface area contributed by atoms with Gasteiger partial charge in [-0.15, -0.1) is 0 Å². The molecule has 0 radical (unpaired) electrons. The van der Waals surface area contributed by atoms with E-state index in [2.05, 4.69) is 5.32 Å². The van der Waals surface area contributed by atoms with Gasteiger partial charge in [0.2, 0.25) is 0 Å². The molecule has 1 aromatic rings. The Morgan fingerprint density at radius 2 is 2.00 bits per heavy atom. The largest absolute Gasteiger partial charge is 0.493 e. The van der Waals surface area contributed by atoms with E-state index in [9.17, 15) is 4.79 Å². The molecule has 1 unspecified atom stereocenters. The average Bonchev–Trinajstić information content (AvgIpc) is 2.46. The van der Waals surface area contributed by atoms with Gasteiger partial charge in [-0.25, -0.2) is 0 Å². The molecule has 0 bridgehead atoms. The molecule has 2 N–H and O–H groups in total. The molecule has 1 rings (SSSR count). The molecule has 1 atom stereocenters. The zero-order chi connectivity index (χ0) is 14.8. The maximum atomic E-state index is 11.8. The molecule has 1 aromatic carbocycles. The van der Waals surface area contributed by atoms with E-state index in [0.29, 0.717) is 24.5 Å². The Labute approximate surface area is 118 Å². The molecule has 0 saturated carbocycles. The zero-order valence-corrected chi connectivity index (χ0v) is 11.8. The highest BCUT2D eigenvalue weighted by Crippen LogP contribution is 2.25. The molecular formula is C14H21NO5. The van der Waals surface area contributed by atoms with Crippen molar-refractivity contribution in [3.8, 4) is 11.5 Å². The number of benzene rings is 1. The van der Waals surface area contributed by atoms with Crippen LogP contribution in [0.1, 0.15) is 6.42 Å². The Hall–Kier alpha value is -1.79. The van der Waals surface area contributed by atoms with E-state index in [1.54, 1.807) is 25.3 Å². The van der Waals surface area contributed by atoms with Crippen LogP contribution in [-0.4, -0.2) is 51.1 Å². The van der Waals surface area contributed by atoms with Crippen LogP contribution in [0.3, 0.4) is 0 Å². The molecule has 0 saturated heterocycles. The van der Waals surface area contributed by atoms with Gasteiger partial charge in [0.1, 0.15) is 0 Å². The number of carbonyl (C=O) groups excluding carboxylic acids is 1. The van der Waals surface area contributed by atoms with Gasteiger partial charge in [-0.2, -0.15) is 0 Å². The number of hydrogen-bond acceptors (Lipinski definition) is 5. The number of rotatable bonds is 9. The van der Waals surface area contributed by atoms with Crippen molar-refractivity contribution in [2.24, 2.45) is 0 Å². The van der Waals surface area contributed by atoms with Gasteiger partial charge in [0, 0.05) is 13.7 Å². The molecular weight excluding hydrogens is 262 g/mol. The maximum absolute atomic E-state index is 11.8. The van der Waals surface area contributed by atoms with Crippen LogP contribution < -0.4 is 14.8 Å². The molecule has 0 fully saturated rings. The third-order valence-electron chi connectivity index (χ3n) is 2.64. The number of nitrogens with one attached hydrogen (secondary N) is 1. The molecule has 20 heavy (non-hydrogen) atoms. The summed E-state index contributed by atoms with van der Waals surface area (Å²) in [6.45, 7) is 0.217. The highest BCUT2D eigenvalue weighted by Gasteiger charge is 2.13. The molecule has 6 nitrogen and oxygen atoms in total. The van der Waals surface area contributed by atoms with Gasteiger partial charge < -0.3 is 24.6 Å². The van der Waals surface area contributed by atoms with Crippen molar-refractivity contribution < 1.29 is 24.1 Å². The summed E-state index contributed by atoms with van der Waals surface area (Å²) in [7, 11) is 3.08. The summed E-state index contributed by atoms with van der Waals surface area (Å²) < 4.78 is 15.5. The summed E-state index contributed by atoms with van der Waals surface area (Å²) in [6, 6.07) is 6.88. The minimum absolute atomic E-state index is 0.0122. The quantitative estimate of drug-likeness (QED) is 0.693. The highest BCUT2D eigenvalue weighted by atomic mass is 16.5. The van der Waals surface area contributed by atoms with Gasteiger partial charge in [-0.05, 0) is 18.6 Å². The van der Waals surface area contributed by atoms with Crippen LogP contribution in [-0.2, 0) is 9.53 Å². The van der Waals surface area contributed by atoms with Gasteiger partial charge in [0.15, 0.2) is 18.1 Å². The molecule has 0 aromatic heterocycles. The van der Waals surface area contributed by atoms with Gasteiger partial charge in [-0.3, -0.25) is 4.79 Å². The lowest BCUT2D eigenvalue weighted by atomic mass is 10.2. The molecule has 0 spiro atoms. The first-order chi connectivity index (χ1) is 9.71. The number of hydrogen-bond donors (Lipinski definition) is 2. The number of aliphatic hydroxyl groups is 1. The molecule has 0 aliphatic carbocycles. The molecule has 0 aliphatic heterocycles. The summed E-state index contributed by atoms with van der Waals surface area (Å²) in [5, 5.41) is 11.6. The van der Waals surface area contributed by atoms with Crippen LogP contribution in [0.2, 0.25) is 0 Å². The number of ether oxygens (including phenoxy) is 3. The maximum Gasteiger partial charge on any atom is 0.258 e. The SMILES string of the molecule is COCC(CCO)NC(=O)COc1ccccc1OC. The van der Waals surface area contributed by atoms with Crippen molar-refractivity contribution in [3.05, 3.63) is 24.3 Å². The fraction of sp³-hybridized carbons (Fsp3) is 0.500. The summed E-state index contributed by atoms with van der Waals surface area (Å²) in [6.07, 6.45) is 0.439. The smallest absolute Gasteiger partial charge is 0.258 e. The Balaban J connectivity index is 2.45. The van der Waals surface area contributed by atoms with Crippen molar-refractivity contribution in [3.63, 3.8) is 0 Å². The Morgan fingerprint density at radius 3 is 2.60 bits per heavy atom. The van der Waals surface area contributed by atoms with Gasteiger partial charge >= 0.3 is 0 Å². The fourth-order valence-electron chi connectivity index (χ4n) is 1.70. The summed E-state index contributed by atoms with van der Waals surface area (Å²) in [5.41, 5.74) is 0. The number of amides is 1. The summed E-state index contributed by atoms with van der Waals surface area (Å²) in [5.74, 6) is 0.811. The topological polar surface area (TPSA) is 77.0 Å². The van der Waals surface area contributed by atoms with E-state index in [-0.39, 0.29) is 25.2 Å². The Bertz CT molecular complexity index is 404. The minimum Gasteiger partial charge on any atom is -0.493 e. The normalized spacial score (nSPS) is 11.8. The molecule has 0 heterocycles. The van der Waals surface area contributed by atoms with Crippen molar-refractivity contribution >= 4 is 5.91 Å². The van der Waals surface area contributed by atoms with E-state index in [0.717, 1.165) is 0 Å². The molecule has 112 valence electrons. The van der Waals surface area contributed by atoms with Crippen LogP contribution in [0, 0.1) is 0 Å². The third kappa shape index (κ3) is 5.46. The van der Waals surface area contributed by atoms with Crippen LogP contribution >= 0.6 is 0 Å². The average molecular weight is 283 g/mol. The molecule has 0 aliphatic rings. The number of methoxy groups -OCH3 is 2. The second-order valence-electron chi connectivity index (χ2n) is 4.17. The van der Waals surface area contributed by atoms with Crippen LogP contribution in [0.25, 0.3) is 0 Å². The lowest BCUT2D eigenvalue weighted by molar-refractivity contribution is -0.124.